The molecule has 236 valence electrons. The molecule has 0 atom stereocenters. The van der Waals surface area contributed by atoms with E-state index >= 15 is 0 Å². The Morgan fingerprint density at radius 2 is 0.920 bits per heavy atom. The molecule has 0 N–H and O–H groups in total. The maximum absolute atomic E-state index is 6.59. The standard InChI is InChI=1S/C45H29N3OS/c1-5-14-31(15-6-1)47(32-16-7-2-8-17-32)35-26-24-30(25-27-35)45-46-43-37-22-13-23-39-41(37)42-38(44(43)50-45)28-36(29-40(42)49-39)48(33-18-9-3-10-19-33)34-20-11-4-12-21-34/h1-29H. The zero-order chi connectivity index (χ0) is 33.0. The topological polar surface area (TPSA) is 32.5 Å². The van der Waals surface area contributed by atoms with Crippen LogP contribution in [-0.2, 0) is 0 Å². The molecule has 0 radical (unpaired) electrons. The van der Waals surface area contributed by atoms with Gasteiger partial charge in [0.25, 0.3) is 0 Å². The average Bonchev–Trinajstić information content (AvgIpc) is 3.80. The number of hydrogen-bond acceptors (Lipinski definition) is 5. The highest BCUT2D eigenvalue weighted by atomic mass is 32.1. The molecule has 10 aromatic rings. The Hall–Kier alpha value is -6.43. The van der Waals surface area contributed by atoms with E-state index in [2.05, 4.69) is 186 Å². The summed E-state index contributed by atoms with van der Waals surface area (Å²) in [6.45, 7) is 0. The van der Waals surface area contributed by atoms with Crippen molar-refractivity contribution in [3.63, 3.8) is 0 Å². The molecule has 10 rings (SSSR count). The first kappa shape index (κ1) is 28.6. The van der Waals surface area contributed by atoms with Crippen LogP contribution in [0.25, 0.3) is 53.5 Å². The molecule has 0 saturated carbocycles. The predicted octanol–water partition coefficient (Wildman–Crippen LogP) is 13.4. The lowest BCUT2D eigenvalue weighted by Gasteiger charge is -2.25. The van der Waals surface area contributed by atoms with E-state index in [0.29, 0.717) is 0 Å². The minimum atomic E-state index is 0.878. The van der Waals surface area contributed by atoms with Gasteiger partial charge in [-0.2, -0.15) is 0 Å². The van der Waals surface area contributed by atoms with Crippen LogP contribution in [0.1, 0.15) is 0 Å². The number of hydrogen-bond donors (Lipinski definition) is 0. The number of rotatable bonds is 7. The third-order valence-electron chi connectivity index (χ3n) is 9.40. The van der Waals surface area contributed by atoms with E-state index in [9.17, 15) is 0 Å². The van der Waals surface area contributed by atoms with Crippen LogP contribution in [-0.4, -0.2) is 4.98 Å². The SMILES string of the molecule is c1ccc(N(c2ccccc2)c2ccc(-c3nc4c5cccc6oc7cc(N(c8ccccc8)c8ccccc8)cc(c4s3)c7c65)cc2)cc1. The summed E-state index contributed by atoms with van der Waals surface area (Å²) < 4.78 is 7.75. The van der Waals surface area contributed by atoms with Crippen LogP contribution >= 0.6 is 11.3 Å². The molecule has 0 bridgehead atoms. The van der Waals surface area contributed by atoms with Gasteiger partial charge >= 0.3 is 0 Å². The second kappa shape index (κ2) is 11.6. The van der Waals surface area contributed by atoms with Gasteiger partial charge in [0.05, 0.1) is 15.9 Å². The lowest BCUT2D eigenvalue weighted by molar-refractivity contribution is 0.669. The van der Waals surface area contributed by atoms with Gasteiger partial charge in [-0.25, -0.2) is 4.98 Å². The van der Waals surface area contributed by atoms with Gasteiger partial charge in [-0.3, -0.25) is 0 Å². The maximum Gasteiger partial charge on any atom is 0.138 e. The second-order valence-corrected chi connectivity index (χ2v) is 13.4. The van der Waals surface area contributed by atoms with Crippen LogP contribution in [0.4, 0.5) is 34.1 Å². The van der Waals surface area contributed by atoms with Gasteiger partial charge in [0, 0.05) is 61.6 Å². The molecule has 8 aromatic carbocycles. The molecule has 0 aliphatic heterocycles. The fourth-order valence-electron chi connectivity index (χ4n) is 7.20. The summed E-state index contributed by atoms with van der Waals surface area (Å²) in [5, 5.41) is 5.56. The fraction of sp³-hybridized carbons (Fsp3) is 0. The van der Waals surface area contributed by atoms with Gasteiger partial charge in [0.15, 0.2) is 0 Å². The van der Waals surface area contributed by atoms with E-state index in [4.69, 9.17) is 9.40 Å². The van der Waals surface area contributed by atoms with Crippen molar-refractivity contribution >= 4 is 88.4 Å². The van der Waals surface area contributed by atoms with Gasteiger partial charge in [-0.05, 0) is 84.9 Å². The summed E-state index contributed by atoms with van der Waals surface area (Å²) in [5.41, 5.74) is 10.4. The Morgan fingerprint density at radius 1 is 0.420 bits per heavy atom. The van der Waals surface area contributed by atoms with Gasteiger partial charge in [0.2, 0.25) is 0 Å². The average molecular weight is 660 g/mol. The highest BCUT2D eigenvalue weighted by Gasteiger charge is 2.23. The van der Waals surface area contributed by atoms with Crippen LogP contribution in [0.15, 0.2) is 180 Å². The maximum atomic E-state index is 6.59. The second-order valence-electron chi connectivity index (χ2n) is 12.4. The zero-order valence-electron chi connectivity index (χ0n) is 26.9. The number of anilines is 6. The Morgan fingerprint density at radius 3 is 1.48 bits per heavy atom. The first-order valence-corrected chi connectivity index (χ1v) is 17.5. The minimum absolute atomic E-state index is 0.878. The lowest BCUT2D eigenvalue weighted by Crippen LogP contribution is -2.09. The van der Waals surface area contributed by atoms with Crippen LogP contribution in [0, 0.1) is 0 Å². The highest BCUT2D eigenvalue weighted by Crippen LogP contribution is 2.48. The van der Waals surface area contributed by atoms with Crippen molar-refractivity contribution < 1.29 is 4.42 Å². The molecule has 2 heterocycles. The minimum Gasteiger partial charge on any atom is -0.456 e. The summed E-state index contributed by atoms with van der Waals surface area (Å²) in [6.07, 6.45) is 0. The van der Waals surface area contributed by atoms with Crippen LogP contribution in [0.5, 0.6) is 0 Å². The van der Waals surface area contributed by atoms with Crippen LogP contribution in [0.3, 0.4) is 0 Å². The van der Waals surface area contributed by atoms with Crippen molar-refractivity contribution in [2.24, 2.45) is 0 Å². The van der Waals surface area contributed by atoms with Crippen molar-refractivity contribution in [1.82, 2.24) is 4.98 Å². The molecule has 0 spiro atoms. The quantitative estimate of drug-likeness (QED) is 0.159. The molecule has 0 aliphatic carbocycles. The normalized spacial score (nSPS) is 11.6. The third-order valence-corrected chi connectivity index (χ3v) is 10.5. The van der Waals surface area contributed by atoms with Gasteiger partial charge in [-0.15, -0.1) is 11.3 Å². The van der Waals surface area contributed by atoms with E-state index in [0.717, 1.165) is 87.6 Å². The summed E-state index contributed by atoms with van der Waals surface area (Å²) in [6, 6.07) is 61.6. The Bertz CT molecular complexity index is 2660. The molecule has 0 saturated heterocycles. The number of para-hydroxylation sites is 4. The molecule has 2 aromatic heterocycles. The molecular formula is C45H29N3OS. The van der Waals surface area contributed by atoms with E-state index in [-0.39, 0.29) is 0 Å². The van der Waals surface area contributed by atoms with Crippen molar-refractivity contribution in [1.29, 1.82) is 0 Å². The first-order valence-electron chi connectivity index (χ1n) is 16.7. The number of fused-ring (bicyclic) bond motifs is 3. The van der Waals surface area contributed by atoms with Crippen molar-refractivity contribution in [3.05, 3.63) is 176 Å². The number of furan rings is 1. The van der Waals surface area contributed by atoms with E-state index in [1.165, 1.54) is 0 Å². The van der Waals surface area contributed by atoms with Crippen molar-refractivity contribution in [2.75, 3.05) is 9.80 Å². The number of nitrogens with zero attached hydrogens (tertiary/aromatic N) is 3. The fourth-order valence-corrected chi connectivity index (χ4v) is 8.31. The predicted molar refractivity (Wildman–Crippen MR) is 210 cm³/mol. The highest BCUT2D eigenvalue weighted by molar-refractivity contribution is 7.22. The Balaban J connectivity index is 1.15. The number of aromatic nitrogens is 1. The van der Waals surface area contributed by atoms with Crippen molar-refractivity contribution in [3.8, 4) is 10.6 Å². The first-order chi connectivity index (χ1) is 24.8. The largest absolute Gasteiger partial charge is 0.456 e. The summed E-state index contributed by atoms with van der Waals surface area (Å²) in [7, 11) is 0. The Kier molecular flexibility index (Phi) is 6.64. The van der Waals surface area contributed by atoms with Crippen LogP contribution in [0.2, 0.25) is 0 Å². The smallest absolute Gasteiger partial charge is 0.138 e. The summed E-state index contributed by atoms with van der Waals surface area (Å²) in [4.78, 5) is 9.92. The van der Waals surface area contributed by atoms with Gasteiger partial charge in [0.1, 0.15) is 16.2 Å². The molecule has 50 heavy (non-hydrogen) atoms. The van der Waals surface area contributed by atoms with Crippen LogP contribution < -0.4 is 9.80 Å². The number of benzene rings is 8. The van der Waals surface area contributed by atoms with E-state index < -0.39 is 0 Å². The summed E-state index contributed by atoms with van der Waals surface area (Å²) in [5.74, 6) is 0. The monoisotopic (exact) mass is 659 g/mol. The summed E-state index contributed by atoms with van der Waals surface area (Å²) >= 11 is 1.75. The zero-order valence-corrected chi connectivity index (χ0v) is 27.7. The molecule has 5 heteroatoms. The number of thiazole rings is 1. The molecule has 4 nitrogen and oxygen atoms in total. The lowest BCUT2D eigenvalue weighted by atomic mass is 10.00. The van der Waals surface area contributed by atoms with E-state index in [1.54, 1.807) is 11.3 Å². The molecule has 0 unspecified atom stereocenters. The molecule has 0 amide bonds. The van der Waals surface area contributed by atoms with Crippen molar-refractivity contribution in [2.45, 2.75) is 0 Å². The Labute approximate surface area is 293 Å². The molecule has 0 fully saturated rings. The molecule has 0 aliphatic rings. The third kappa shape index (κ3) is 4.63. The van der Waals surface area contributed by atoms with Gasteiger partial charge < -0.3 is 14.2 Å². The molecular weight excluding hydrogens is 631 g/mol. The van der Waals surface area contributed by atoms with E-state index in [1.807, 2.05) is 0 Å². The van der Waals surface area contributed by atoms with Gasteiger partial charge in [-0.1, -0.05) is 84.9 Å².